The maximum atomic E-state index is 12.1. The maximum absolute atomic E-state index is 12.1. The van der Waals surface area contributed by atoms with Crippen LogP contribution in [0.5, 0.6) is 23.0 Å². The van der Waals surface area contributed by atoms with E-state index in [2.05, 4.69) is 4.90 Å². The standard InChI is InChI=1S/C22H30N2O7S/c1-6-31-20-13-24(11-14-7-18(28-3)22(30-5)19(8-14)29-4)12-15-9-17(27-2)21(10-16(15)20)32(23,25)26/h7-10,20H,6,11-13H2,1-5H3,(H2,23,25,26). The lowest BCUT2D eigenvalue weighted by molar-refractivity contribution is 0.0171. The van der Waals surface area contributed by atoms with E-state index in [0.717, 1.165) is 16.7 Å². The number of methoxy groups -OCH3 is 4. The van der Waals surface area contributed by atoms with Gasteiger partial charge in [-0.25, -0.2) is 13.6 Å². The van der Waals surface area contributed by atoms with Crippen LogP contribution in [0, 0.1) is 0 Å². The van der Waals surface area contributed by atoms with Gasteiger partial charge in [0.25, 0.3) is 0 Å². The number of hydrogen-bond donors (Lipinski definition) is 1. The third kappa shape index (κ3) is 4.93. The SMILES string of the molecule is CCOC1CN(Cc2cc(OC)c(OC)c(OC)c2)Cc2cc(OC)c(S(N)(=O)=O)cc21. The number of hydrogen-bond acceptors (Lipinski definition) is 8. The molecule has 1 aliphatic heterocycles. The minimum Gasteiger partial charge on any atom is -0.495 e. The van der Waals surface area contributed by atoms with E-state index in [4.69, 9.17) is 28.8 Å². The van der Waals surface area contributed by atoms with E-state index in [-0.39, 0.29) is 16.7 Å². The Balaban J connectivity index is 1.98. The van der Waals surface area contributed by atoms with Gasteiger partial charge in [-0.05, 0) is 47.9 Å². The van der Waals surface area contributed by atoms with Crippen molar-refractivity contribution >= 4 is 10.0 Å². The quantitative estimate of drug-likeness (QED) is 0.600. The van der Waals surface area contributed by atoms with E-state index in [9.17, 15) is 8.42 Å². The van der Waals surface area contributed by atoms with Crippen LogP contribution in [0.1, 0.15) is 29.7 Å². The van der Waals surface area contributed by atoms with Crippen molar-refractivity contribution in [3.63, 3.8) is 0 Å². The molecule has 0 aliphatic carbocycles. The summed E-state index contributed by atoms with van der Waals surface area (Å²) in [5.41, 5.74) is 2.70. The predicted octanol–water partition coefficient (Wildman–Crippen LogP) is 2.46. The van der Waals surface area contributed by atoms with Gasteiger partial charge in [0.1, 0.15) is 10.6 Å². The zero-order chi connectivity index (χ0) is 23.5. The Kier molecular flexibility index (Phi) is 7.50. The Hall–Kier alpha value is -2.53. The molecule has 32 heavy (non-hydrogen) atoms. The Morgan fingerprint density at radius 3 is 2.09 bits per heavy atom. The maximum Gasteiger partial charge on any atom is 0.241 e. The molecule has 0 radical (unpaired) electrons. The number of sulfonamides is 1. The fourth-order valence-corrected chi connectivity index (χ4v) is 4.74. The second-order valence-corrected chi connectivity index (χ2v) is 8.92. The van der Waals surface area contributed by atoms with Gasteiger partial charge in [0.2, 0.25) is 15.8 Å². The van der Waals surface area contributed by atoms with Crippen LogP contribution in [0.25, 0.3) is 0 Å². The molecule has 0 bridgehead atoms. The van der Waals surface area contributed by atoms with E-state index in [0.29, 0.717) is 43.5 Å². The van der Waals surface area contributed by atoms with Gasteiger partial charge < -0.3 is 23.7 Å². The lowest BCUT2D eigenvalue weighted by atomic mass is 9.96. The zero-order valence-electron chi connectivity index (χ0n) is 19.0. The first kappa shape index (κ1) is 24.1. The fourth-order valence-electron chi connectivity index (χ4n) is 4.02. The lowest BCUT2D eigenvalue weighted by Crippen LogP contribution is -2.34. The molecule has 3 rings (SSSR count). The van der Waals surface area contributed by atoms with Crippen LogP contribution in [-0.2, 0) is 27.8 Å². The number of fused-ring (bicyclic) bond motifs is 1. The van der Waals surface area contributed by atoms with Crippen LogP contribution in [0.4, 0.5) is 0 Å². The van der Waals surface area contributed by atoms with E-state index >= 15 is 0 Å². The number of nitrogens with zero attached hydrogens (tertiary/aromatic N) is 1. The molecule has 10 heteroatoms. The monoisotopic (exact) mass is 466 g/mol. The van der Waals surface area contributed by atoms with Crippen molar-refractivity contribution in [1.82, 2.24) is 4.90 Å². The van der Waals surface area contributed by atoms with Crippen molar-refractivity contribution in [1.29, 1.82) is 0 Å². The molecule has 2 N–H and O–H groups in total. The zero-order valence-corrected chi connectivity index (χ0v) is 19.8. The summed E-state index contributed by atoms with van der Waals surface area (Å²) in [7, 11) is 2.22. The molecule has 0 amide bonds. The summed E-state index contributed by atoms with van der Waals surface area (Å²) in [6.45, 7) is 4.14. The van der Waals surface area contributed by atoms with Crippen molar-refractivity contribution < 1.29 is 32.1 Å². The smallest absolute Gasteiger partial charge is 0.241 e. The van der Waals surface area contributed by atoms with Crippen molar-refractivity contribution in [3.05, 3.63) is 41.0 Å². The molecule has 0 aromatic heterocycles. The van der Waals surface area contributed by atoms with Crippen LogP contribution in [0.3, 0.4) is 0 Å². The summed E-state index contributed by atoms with van der Waals surface area (Å²) < 4.78 is 51.7. The van der Waals surface area contributed by atoms with Crippen molar-refractivity contribution in [2.75, 3.05) is 41.6 Å². The molecule has 1 unspecified atom stereocenters. The molecule has 2 aromatic rings. The molecule has 0 saturated heterocycles. The topological polar surface area (TPSA) is 110 Å². The Morgan fingerprint density at radius 1 is 0.969 bits per heavy atom. The minimum absolute atomic E-state index is 0.0402. The molecular formula is C22H30N2O7S. The molecule has 0 fully saturated rings. The second kappa shape index (κ2) is 9.95. The van der Waals surface area contributed by atoms with Crippen molar-refractivity contribution in [2.24, 2.45) is 5.14 Å². The van der Waals surface area contributed by atoms with E-state index in [1.807, 2.05) is 19.1 Å². The highest BCUT2D eigenvalue weighted by Gasteiger charge is 2.30. The van der Waals surface area contributed by atoms with Gasteiger partial charge in [-0.1, -0.05) is 0 Å². The molecular weight excluding hydrogens is 436 g/mol. The van der Waals surface area contributed by atoms with Gasteiger partial charge in [-0.3, -0.25) is 4.90 Å². The van der Waals surface area contributed by atoms with Crippen molar-refractivity contribution in [3.8, 4) is 23.0 Å². The molecule has 2 aromatic carbocycles. The van der Waals surface area contributed by atoms with Gasteiger partial charge in [0.15, 0.2) is 11.5 Å². The highest BCUT2D eigenvalue weighted by Crippen LogP contribution is 2.40. The molecule has 9 nitrogen and oxygen atoms in total. The number of ether oxygens (including phenoxy) is 5. The van der Waals surface area contributed by atoms with Crippen molar-refractivity contribution in [2.45, 2.75) is 31.0 Å². The third-order valence-electron chi connectivity index (χ3n) is 5.40. The number of rotatable bonds is 9. The van der Waals surface area contributed by atoms with Gasteiger partial charge in [-0.15, -0.1) is 0 Å². The molecule has 1 atom stereocenters. The highest BCUT2D eigenvalue weighted by atomic mass is 32.2. The fraction of sp³-hybridized carbons (Fsp3) is 0.455. The summed E-state index contributed by atoms with van der Waals surface area (Å²) in [5, 5.41) is 5.40. The molecule has 1 heterocycles. The normalized spacial score (nSPS) is 16.4. The highest BCUT2D eigenvalue weighted by molar-refractivity contribution is 7.89. The van der Waals surface area contributed by atoms with Crippen LogP contribution >= 0.6 is 0 Å². The van der Waals surface area contributed by atoms with E-state index in [1.165, 1.54) is 7.11 Å². The Bertz CT molecular complexity index is 1050. The van der Waals surface area contributed by atoms with E-state index in [1.54, 1.807) is 33.5 Å². The van der Waals surface area contributed by atoms with Gasteiger partial charge in [-0.2, -0.15) is 0 Å². The number of primary sulfonamides is 1. The Labute approximate surface area is 189 Å². The molecule has 176 valence electrons. The van der Waals surface area contributed by atoms with Crippen LogP contribution in [0.15, 0.2) is 29.2 Å². The second-order valence-electron chi connectivity index (χ2n) is 7.39. The number of nitrogens with two attached hydrogens (primary N) is 1. The molecule has 0 saturated carbocycles. The third-order valence-corrected chi connectivity index (χ3v) is 6.33. The summed E-state index contributed by atoms with van der Waals surface area (Å²) in [6.07, 6.45) is -0.308. The first-order valence-electron chi connectivity index (χ1n) is 10.1. The summed E-state index contributed by atoms with van der Waals surface area (Å²) in [6, 6.07) is 7.12. The minimum atomic E-state index is -3.94. The van der Waals surface area contributed by atoms with Crippen LogP contribution in [0.2, 0.25) is 0 Å². The molecule has 0 spiro atoms. The first-order valence-corrected chi connectivity index (χ1v) is 11.7. The van der Waals surface area contributed by atoms with Crippen LogP contribution in [-0.4, -0.2) is 54.9 Å². The number of benzene rings is 2. The van der Waals surface area contributed by atoms with E-state index < -0.39 is 10.0 Å². The van der Waals surface area contributed by atoms with Crippen LogP contribution < -0.4 is 24.1 Å². The van der Waals surface area contributed by atoms with Gasteiger partial charge in [0, 0.05) is 26.2 Å². The van der Waals surface area contributed by atoms with Gasteiger partial charge >= 0.3 is 0 Å². The lowest BCUT2D eigenvalue weighted by Gasteiger charge is -2.35. The first-order chi connectivity index (χ1) is 15.2. The predicted molar refractivity (Wildman–Crippen MR) is 119 cm³/mol. The summed E-state index contributed by atoms with van der Waals surface area (Å²) in [4.78, 5) is 2.17. The average Bonchev–Trinajstić information content (AvgIpc) is 2.76. The molecule has 1 aliphatic rings. The summed E-state index contributed by atoms with van der Waals surface area (Å²) in [5.74, 6) is 1.92. The largest absolute Gasteiger partial charge is 0.495 e. The Morgan fingerprint density at radius 2 is 1.59 bits per heavy atom. The average molecular weight is 467 g/mol. The van der Waals surface area contributed by atoms with Gasteiger partial charge in [0.05, 0.1) is 34.5 Å². The summed E-state index contributed by atoms with van der Waals surface area (Å²) >= 11 is 0.